The lowest BCUT2D eigenvalue weighted by Crippen LogP contribution is -2.39. The van der Waals surface area contributed by atoms with Gasteiger partial charge in [-0.25, -0.2) is 0 Å². The lowest BCUT2D eigenvalue weighted by atomic mass is 10.4. The molecule has 0 aromatic rings. The molecular formula is C16H33N3O2. The second kappa shape index (κ2) is 12.9. The standard InChI is InChI=1S/C16H33N3O2/c1-3-5-11-20-13-10-19-16(17-4-2)18-9-6-12-21-14-15-7-8-15/h15H,3-14H2,1-2H3,(H2,17,18,19). The van der Waals surface area contributed by atoms with E-state index in [-0.39, 0.29) is 0 Å². The first-order chi connectivity index (χ1) is 10.4. The van der Waals surface area contributed by atoms with E-state index < -0.39 is 0 Å². The molecule has 0 radical (unpaired) electrons. The van der Waals surface area contributed by atoms with Gasteiger partial charge in [-0.1, -0.05) is 13.3 Å². The van der Waals surface area contributed by atoms with E-state index in [1.165, 1.54) is 19.3 Å². The largest absolute Gasteiger partial charge is 0.381 e. The highest BCUT2D eigenvalue weighted by molar-refractivity contribution is 5.79. The Bertz CT molecular complexity index is 268. The van der Waals surface area contributed by atoms with Crippen LogP contribution in [0.3, 0.4) is 0 Å². The first kappa shape index (κ1) is 18.2. The van der Waals surface area contributed by atoms with Crippen LogP contribution in [0.25, 0.3) is 0 Å². The van der Waals surface area contributed by atoms with Gasteiger partial charge < -0.3 is 20.1 Å². The Morgan fingerprint density at radius 2 is 1.86 bits per heavy atom. The fourth-order valence-corrected chi connectivity index (χ4v) is 1.82. The summed E-state index contributed by atoms with van der Waals surface area (Å²) in [4.78, 5) is 4.54. The van der Waals surface area contributed by atoms with E-state index in [1.807, 2.05) is 0 Å². The summed E-state index contributed by atoms with van der Waals surface area (Å²) in [6.07, 6.45) is 6.01. The first-order valence-electron chi connectivity index (χ1n) is 8.54. The summed E-state index contributed by atoms with van der Waals surface area (Å²) in [6.45, 7) is 10.1. The molecule has 2 N–H and O–H groups in total. The van der Waals surface area contributed by atoms with Crippen molar-refractivity contribution in [2.24, 2.45) is 10.9 Å². The van der Waals surface area contributed by atoms with Crippen molar-refractivity contribution < 1.29 is 9.47 Å². The maximum absolute atomic E-state index is 5.61. The third kappa shape index (κ3) is 11.5. The molecule has 0 spiro atoms. The summed E-state index contributed by atoms with van der Waals surface area (Å²) in [5, 5.41) is 6.54. The van der Waals surface area contributed by atoms with Gasteiger partial charge in [-0.05, 0) is 38.5 Å². The highest BCUT2D eigenvalue weighted by Gasteiger charge is 2.20. The molecular weight excluding hydrogens is 266 g/mol. The molecule has 21 heavy (non-hydrogen) atoms. The number of hydrogen-bond acceptors (Lipinski definition) is 3. The van der Waals surface area contributed by atoms with Crippen LogP contribution in [-0.4, -0.2) is 52.0 Å². The van der Waals surface area contributed by atoms with E-state index in [0.717, 1.165) is 70.8 Å². The average Bonchev–Trinajstić information content (AvgIpc) is 3.30. The van der Waals surface area contributed by atoms with Crippen LogP contribution in [0, 0.1) is 5.92 Å². The molecule has 0 amide bonds. The van der Waals surface area contributed by atoms with Gasteiger partial charge in [0.25, 0.3) is 0 Å². The number of nitrogens with one attached hydrogen (secondary N) is 2. The van der Waals surface area contributed by atoms with Gasteiger partial charge in [0.05, 0.1) is 6.61 Å². The molecule has 0 aromatic heterocycles. The van der Waals surface area contributed by atoms with Gasteiger partial charge in [0.2, 0.25) is 0 Å². The van der Waals surface area contributed by atoms with E-state index in [4.69, 9.17) is 9.47 Å². The van der Waals surface area contributed by atoms with Crippen molar-refractivity contribution in [1.82, 2.24) is 10.6 Å². The Morgan fingerprint density at radius 3 is 2.57 bits per heavy atom. The molecule has 0 aliphatic heterocycles. The third-order valence-corrected chi connectivity index (χ3v) is 3.29. The lowest BCUT2D eigenvalue weighted by Gasteiger charge is -2.11. The van der Waals surface area contributed by atoms with Gasteiger partial charge in [0.1, 0.15) is 0 Å². The van der Waals surface area contributed by atoms with E-state index in [2.05, 4.69) is 29.5 Å². The van der Waals surface area contributed by atoms with Crippen molar-refractivity contribution >= 4 is 5.96 Å². The monoisotopic (exact) mass is 299 g/mol. The van der Waals surface area contributed by atoms with Crippen molar-refractivity contribution in [2.45, 2.75) is 46.0 Å². The Morgan fingerprint density at radius 1 is 1.05 bits per heavy atom. The fourth-order valence-electron chi connectivity index (χ4n) is 1.82. The summed E-state index contributed by atoms with van der Waals surface area (Å²) >= 11 is 0. The highest BCUT2D eigenvalue weighted by atomic mass is 16.5. The van der Waals surface area contributed by atoms with Crippen LogP contribution in [0.1, 0.15) is 46.0 Å². The Labute approximate surface area is 129 Å². The zero-order valence-corrected chi connectivity index (χ0v) is 13.8. The van der Waals surface area contributed by atoms with Crippen LogP contribution in [0.5, 0.6) is 0 Å². The second-order valence-electron chi connectivity index (χ2n) is 5.53. The van der Waals surface area contributed by atoms with Gasteiger partial charge in [-0.15, -0.1) is 0 Å². The van der Waals surface area contributed by atoms with Gasteiger partial charge in [-0.2, -0.15) is 0 Å². The summed E-state index contributed by atoms with van der Waals surface area (Å²) in [6, 6.07) is 0. The van der Waals surface area contributed by atoms with Crippen LogP contribution in [0.2, 0.25) is 0 Å². The maximum atomic E-state index is 5.61. The minimum Gasteiger partial charge on any atom is -0.381 e. The second-order valence-corrected chi connectivity index (χ2v) is 5.53. The number of unbranched alkanes of at least 4 members (excludes halogenated alkanes) is 1. The number of guanidine groups is 1. The van der Waals surface area contributed by atoms with Crippen LogP contribution >= 0.6 is 0 Å². The summed E-state index contributed by atoms with van der Waals surface area (Å²) in [7, 11) is 0. The topological polar surface area (TPSA) is 54.9 Å². The van der Waals surface area contributed by atoms with Gasteiger partial charge >= 0.3 is 0 Å². The molecule has 5 nitrogen and oxygen atoms in total. The van der Waals surface area contributed by atoms with Crippen molar-refractivity contribution in [1.29, 1.82) is 0 Å². The van der Waals surface area contributed by atoms with E-state index >= 15 is 0 Å². The Balaban J connectivity index is 1.98. The van der Waals surface area contributed by atoms with Gasteiger partial charge in [0.15, 0.2) is 5.96 Å². The average molecular weight is 299 g/mol. The quantitative estimate of drug-likeness (QED) is 0.311. The van der Waals surface area contributed by atoms with Crippen molar-refractivity contribution in [3.63, 3.8) is 0 Å². The van der Waals surface area contributed by atoms with Gasteiger partial charge in [0, 0.05) is 39.5 Å². The van der Waals surface area contributed by atoms with Crippen LogP contribution < -0.4 is 10.6 Å². The molecule has 0 saturated heterocycles. The summed E-state index contributed by atoms with van der Waals surface area (Å²) in [5.74, 6) is 1.72. The van der Waals surface area contributed by atoms with Crippen molar-refractivity contribution in [3.8, 4) is 0 Å². The normalized spacial score (nSPS) is 15.2. The van der Waals surface area contributed by atoms with Crippen LogP contribution in [0.15, 0.2) is 4.99 Å². The molecule has 0 atom stereocenters. The van der Waals surface area contributed by atoms with E-state index in [9.17, 15) is 0 Å². The molecule has 0 unspecified atom stereocenters. The van der Waals surface area contributed by atoms with Crippen molar-refractivity contribution in [2.75, 3.05) is 46.1 Å². The molecule has 1 aliphatic rings. The molecule has 124 valence electrons. The molecule has 1 fully saturated rings. The van der Waals surface area contributed by atoms with E-state index in [1.54, 1.807) is 0 Å². The maximum Gasteiger partial charge on any atom is 0.191 e. The number of aliphatic imine (C=N–C) groups is 1. The Hall–Kier alpha value is -0.810. The third-order valence-electron chi connectivity index (χ3n) is 3.29. The van der Waals surface area contributed by atoms with Crippen molar-refractivity contribution in [3.05, 3.63) is 0 Å². The molecule has 0 aromatic carbocycles. The number of hydrogen-bond donors (Lipinski definition) is 2. The summed E-state index contributed by atoms with van der Waals surface area (Å²) in [5.41, 5.74) is 0. The molecule has 1 rings (SSSR count). The fraction of sp³-hybridized carbons (Fsp3) is 0.938. The number of rotatable bonds is 13. The molecule has 1 aliphatic carbocycles. The molecule has 1 saturated carbocycles. The van der Waals surface area contributed by atoms with Crippen LogP contribution in [0.4, 0.5) is 0 Å². The van der Waals surface area contributed by atoms with E-state index in [0.29, 0.717) is 0 Å². The molecule has 0 bridgehead atoms. The number of nitrogens with zero attached hydrogens (tertiary/aromatic N) is 1. The highest BCUT2D eigenvalue weighted by Crippen LogP contribution is 2.28. The first-order valence-corrected chi connectivity index (χ1v) is 8.54. The SMILES string of the molecule is CCCCOCCNC(=NCCCOCC1CC1)NCC. The van der Waals surface area contributed by atoms with Crippen LogP contribution in [-0.2, 0) is 9.47 Å². The minimum atomic E-state index is 0.731. The molecule has 5 heteroatoms. The zero-order chi connectivity index (χ0) is 15.2. The molecule has 0 heterocycles. The smallest absolute Gasteiger partial charge is 0.191 e. The predicted octanol–water partition coefficient (Wildman–Crippen LogP) is 2.17. The lowest BCUT2D eigenvalue weighted by molar-refractivity contribution is 0.123. The minimum absolute atomic E-state index is 0.731. The number of ether oxygens (including phenoxy) is 2. The zero-order valence-electron chi connectivity index (χ0n) is 13.8. The van der Waals surface area contributed by atoms with Gasteiger partial charge in [-0.3, -0.25) is 4.99 Å². The predicted molar refractivity (Wildman–Crippen MR) is 87.9 cm³/mol. The summed E-state index contributed by atoms with van der Waals surface area (Å²) < 4.78 is 11.1. The Kier molecular flexibility index (Phi) is 11.2.